The van der Waals surface area contributed by atoms with E-state index < -0.39 is 47.9 Å². The zero-order chi connectivity index (χ0) is 28.0. The van der Waals surface area contributed by atoms with Gasteiger partial charge >= 0.3 is 5.97 Å². The molecule has 0 heterocycles. The quantitative estimate of drug-likeness (QED) is 0.168. The smallest absolute Gasteiger partial charge is 0.326 e. The molecule has 1 aromatic carbocycles. The van der Waals surface area contributed by atoms with Crippen molar-refractivity contribution in [2.45, 2.75) is 90.4 Å². The van der Waals surface area contributed by atoms with Gasteiger partial charge in [-0.2, -0.15) is 0 Å². The van der Waals surface area contributed by atoms with Gasteiger partial charge in [0.05, 0.1) is 6.04 Å². The summed E-state index contributed by atoms with van der Waals surface area (Å²) in [5, 5.41) is 17.7. The summed E-state index contributed by atoms with van der Waals surface area (Å²) in [6.07, 6.45) is 2.96. The molecule has 0 saturated carbocycles. The molecule has 208 valence electrons. The van der Waals surface area contributed by atoms with Crippen LogP contribution in [0, 0.1) is 11.8 Å². The molecule has 8 N–H and O–H groups in total. The number of hydrogen-bond donors (Lipinski definition) is 6. The van der Waals surface area contributed by atoms with E-state index >= 15 is 0 Å². The molecule has 0 bridgehead atoms. The van der Waals surface area contributed by atoms with Gasteiger partial charge in [-0.3, -0.25) is 14.4 Å². The van der Waals surface area contributed by atoms with Crippen molar-refractivity contribution in [2.24, 2.45) is 23.3 Å². The molecule has 0 aliphatic heterocycles. The Kier molecular flexibility index (Phi) is 14.5. The summed E-state index contributed by atoms with van der Waals surface area (Å²) in [6.45, 7) is 7.94. The van der Waals surface area contributed by atoms with Crippen LogP contribution in [0.15, 0.2) is 30.3 Å². The second kappa shape index (κ2) is 16.7. The maximum Gasteiger partial charge on any atom is 0.326 e. The van der Waals surface area contributed by atoms with E-state index in [1.165, 1.54) is 0 Å². The molecular weight excluding hydrogens is 474 g/mol. The van der Waals surface area contributed by atoms with Gasteiger partial charge in [-0.25, -0.2) is 4.79 Å². The van der Waals surface area contributed by atoms with Crippen LogP contribution in [0.5, 0.6) is 0 Å². The molecule has 5 unspecified atom stereocenters. The maximum atomic E-state index is 13.3. The van der Waals surface area contributed by atoms with Gasteiger partial charge < -0.3 is 32.5 Å². The summed E-state index contributed by atoms with van der Waals surface area (Å²) >= 11 is 0. The first-order chi connectivity index (χ1) is 17.5. The van der Waals surface area contributed by atoms with E-state index in [-0.39, 0.29) is 18.3 Å². The summed E-state index contributed by atoms with van der Waals surface area (Å²) in [6, 6.07) is 5.32. The van der Waals surface area contributed by atoms with Gasteiger partial charge in [0, 0.05) is 6.42 Å². The molecule has 0 radical (unpaired) electrons. The summed E-state index contributed by atoms with van der Waals surface area (Å²) in [5.74, 6) is -2.93. The Morgan fingerprint density at radius 3 is 2.03 bits per heavy atom. The number of nitrogens with one attached hydrogen (secondary N) is 3. The lowest BCUT2D eigenvalue weighted by atomic mass is 9.97. The topological polar surface area (TPSA) is 177 Å². The molecule has 3 amide bonds. The highest BCUT2D eigenvalue weighted by molar-refractivity contribution is 5.94. The molecule has 0 saturated heterocycles. The lowest BCUT2D eigenvalue weighted by Crippen LogP contribution is -2.58. The molecule has 5 atom stereocenters. The molecule has 1 aromatic rings. The van der Waals surface area contributed by atoms with Crippen LogP contribution in [-0.4, -0.2) is 59.5 Å². The zero-order valence-electron chi connectivity index (χ0n) is 22.5. The van der Waals surface area contributed by atoms with Crippen LogP contribution >= 0.6 is 0 Å². The number of nitrogens with two attached hydrogens (primary N) is 2. The Labute approximate surface area is 220 Å². The van der Waals surface area contributed by atoms with Crippen molar-refractivity contribution in [1.82, 2.24) is 16.0 Å². The number of carbonyl (C=O) groups is 4. The summed E-state index contributed by atoms with van der Waals surface area (Å²) < 4.78 is 0. The van der Waals surface area contributed by atoms with Crippen LogP contribution in [-0.2, 0) is 25.6 Å². The van der Waals surface area contributed by atoms with Crippen LogP contribution in [0.3, 0.4) is 0 Å². The van der Waals surface area contributed by atoms with Crippen molar-refractivity contribution in [1.29, 1.82) is 0 Å². The van der Waals surface area contributed by atoms with E-state index in [1.54, 1.807) is 6.92 Å². The first-order valence-electron chi connectivity index (χ1n) is 13.1. The summed E-state index contributed by atoms with van der Waals surface area (Å²) in [5.41, 5.74) is 12.3. The molecule has 10 nitrogen and oxygen atoms in total. The molecule has 0 fully saturated rings. The number of rotatable bonds is 17. The average Bonchev–Trinajstić information content (AvgIpc) is 2.85. The summed E-state index contributed by atoms with van der Waals surface area (Å²) in [4.78, 5) is 51.0. The molecular formula is C27H45N5O5. The number of aliphatic carboxylic acids is 1. The second-order valence-corrected chi connectivity index (χ2v) is 10.0. The van der Waals surface area contributed by atoms with E-state index in [2.05, 4.69) is 16.0 Å². The number of benzene rings is 1. The standard InChI is InChI=1S/C27H45N5O5/c1-5-18(4)23(27(36)37)32-26(35)22(16-19-11-7-6-8-12-19)31-25(34)21(15-17(2)3)30-24(33)20(29)13-9-10-14-28/h6-8,11-12,17-18,20-23H,5,9-10,13-16,28-29H2,1-4H3,(H,30,33)(H,31,34)(H,32,35)(H,36,37). The maximum absolute atomic E-state index is 13.3. The number of hydrogen-bond acceptors (Lipinski definition) is 6. The minimum absolute atomic E-state index is 0.0766. The van der Waals surface area contributed by atoms with E-state index in [1.807, 2.05) is 51.1 Å². The van der Waals surface area contributed by atoms with Gasteiger partial charge in [0.25, 0.3) is 0 Å². The third-order valence-corrected chi connectivity index (χ3v) is 6.34. The second-order valence-electron chi connectivity index (χ2n) is 10.0. The van der Waals surface area contributed by atoms with E-state index in [0.29, 0.717) is 32.2 Å². The normalized spacial score (nSPS) is 15.2. The van der Waals surface area contributed by atoms with Crippen molar-refractivity contribution in [3.8, 4) is 0 Å². The van der Waals surface area contributed by atoms with Crippen LogP contribution in [0.2, 0.25) is 0 Å². The molecule has 1 rings (SSSR count). The lowest BCUT2D eigenvalue weighted by Gasteiger charge is -2.27. The van der Waals surface area contributed by atoms with Gasteiger partial charge in [0.2, 0.25) is 17.7 Å². The first-order valence-corrected chi connectivity index (χ1v) is 13.1. The minimum Gasteiger partial charge on any atom is -0.480 e. The number of unbranched alkanes of at least 4 members (excludes halogenated alkanes) is 1. The fraction of sp³-hybridized carbons (Fsp3) is 0.630. The predicted molar refractivity (Wildman–Crippen MR) is 143 cm³/mol. The fourth-order valence-electron chi connectivity index (χ4n) is 3.89. The van der Waals surface area contributed by atoms with Crippen LogP contribution in [0.25, 0.3) is 0 Å². The Morgan fingerprint density at radius 1 is 0.892 bits per heavy atom. The van der Waals surface area contributed by atoms with Crippen LogP contribution in [0.4, 0.5) is 0 Å². The van der Waals surface area contributed by atoms with Crippen molar-refractivity contribution in [3.05, 3.63) is 35.9 Å². The van der Waals surface area contributed by atoms with E-state index in [9.17, 15) is 24.3 Å². The van der Waals surface area contributed by atoms with Crippen LogP contribution < -0.4 is 27.4 Å². The van der Waals surface area contributed by atoms with Gasteiger partial charge in [-0.15, -0.1) is 0 Å². The van der Waals surface area contributed by atoms with Crippen LogP contribution in [0.1, 0.15) is 65.4 Å². The third kappa shape index (κ3) is 11.7. The Balaban J connectivity index is 3.09. The fourth-order valence-corrected chi connectivity index (χ4v) is 3.89. The lowest BCUT2D eigenvalue weighted by molar-refractivity contribution is -0.143. The highest BCUT2D eigenvalue weighted by Gasteiger charge is 2.32. The Bertz CT molecular complexity index is 864. The third-order valence-electron chi connectivity index (χ3n) is 6.34. The van der Waals surface area contributed by atoms with Crippen molar-refractivity contribution in [3.63, 3.8) is 0 Å². The number of carboxylic acids is 1. The van der Waals surface area contributed by atoms with E-state index in [4.69, 9.17) is 11.5 Å². The number of carbonyl (C=O) groups excluding carboxylic acids is 3. The SMILES string of the molecule is CCC(C)C(NC(=O)C(Cc1ccccc1)NC(=O)C(CC(C)C)NC(=O)C(N)CCCCN)C(=O)O. The Morgan fingerprint density at radius 2 is 1.49 bits per heavy atom. The molecule has 37 heavy (non-hydrogen) atoms. The average molecular weight is 520 g/mol. The summed E-state index contributed by atoms with van der Waals surface area (Å²) in [7, 11) is 0. The van der Waals surface area contributed by atoms with Crippen molar-refractivity contribution in [2.75, 3.05) is 6.54 Å². The van der Waals surface area contributed by atoms with Crippen molar-refractivity contribution >= 4 is 23.7 Å². The van der Waals surface area contributed by atoms with Gasteiger partial charge in [-0.1, -0.05) is 70.9 Å². The minimum atomic E-state index is -1.14. The number of amides is 3. The zero-order valence-corrected chi connectivity index (χ0v) is 22.5. The Hall–Kier alpha value is -2.98. The first kappa shape index (κ1) is 32.0. The molecule has 10 heteroatoms. The monoisotopic (exact) mass is 519 g/mol. The highest BCUT2D eigenvalue weighted by atomic mass is 16.4. The van der Waals surface area contributed by atoms with Crippen molar-refractivity contribution < 1.29 is 24.3 Å². The van der Waals surface area contributed by atoms with Gasteiger partial charge in [0.1, 0.15) is 18.1 Å². The van der Waals surface area contributed by atoms with Gasteiger partial charge in [0.15, 0.2) is 0 Å². The molecule has 0 aliphatic carbocycles. The predicted octanol–water partition coefficient (Wildman–Crippen LogP) is 1.32. The number of carboxylic acid groups (broad SMARTS) is 1. The molecule has 0 aromatic heterocycles. The molecule has 0 aliphatic rings. The van der Waals surface area contributed by atoms with E-state index in [0.717, 1.165) is 12.0 Å². The van der Waals surface area contributed by atoms with Gasteiger partial charge in [-0.05, 0) is 43.2 Å². The largest absolute Gasteiger partial charge is 0.480 e. The highest BCUT2D eigenvalue weighted by Crippen LogP contribution is 2.11. The molecule has 0 spiro atoms.